The molecule has 3 rings (SSSR count). The van der Waals surface area contributed by atoms with Gasteiger partial charge in [0.1, 0.15) is 0 Å². The number of hydrogen-bond donors (Lipinski definition) is 0. The van der Waals surface area contributed by atoms with Gasteiger partial charge in [-0.3, -0.25) is 4.79 Å². The van der Waals surface area contributed by atoms with E-state index in [9.17, 15) is 4.79 Å². The highest BCUT2D eigenvalue weighted by Gasteiger charge is 2.15. The van der Waals surface area contributed by atoms with Crippen LogP contribution in [0, 0.1) is 13.8 Å². The van der Waals surface area contributed by atoms with Crippen molar-refractivity contribution in [3.05, 3.63) is 65.2 Å². The molecular weight excluding hydrogens is 308 g/mol. The van der Waals surface area contributed by atoms with Crippen LogP contribution < -0.4 is 0 Å². The first-order chi connectivity index (χ1) is 11.2. The molecular formula is C17H16N4OS. The fraction of sp³-hybridized carbons (Fsp3) is 0.176. The molecule has 0 N–H and O–H groups in total. The lowest BCUT2D eigenvalue weighted by atomic mass is 10.1. The summed E-state index contributed by atoms with van der Waals surface area (Å²) in [5, 5.41) is 12.5. The normalized spacial score (nSPS) is 10.7. The molecule has 0 bridgehead atoms. The lowest BCUT2D eigenvalue weighted by Crippen LogP contribution is -2.06. The van der Waals surface area contributed by atoms with Crippen LogP contribution in [-0.4, -0.2) is 31.7 Å². The second-order valence-electron chi connectivity index (χ2n) is 5.19. The third kappa shape index (κ3) is 3.32. The zero-order chi connectivity index (χ0) is 16.2. The second-order valence-corrected chi connectivity index (χ2v) is 6.13. The zero-order valence-electron chi connectivity index (χ0n) is 12.9. The standard InChI is InChI=1S/C17H16N4OS/c1-12-7-6-8-13(2)16(12)21-17(18-19-20-21)23-11-15(22)14-9-4-3-5-10-14/h3-10H,11H2,1-2H3. The minimum atomic E-state index is 0.0617. The molecule has 0 aliphatic carbocycles. The van der Waals surface area contributed by atoms with E-state index in [1.807, 2.05) is 62.4 Å². The molecule has 0 radical (unpaired) electrons. The molecule has 0 aliphatic rings. The van der Waals surface area contributed by atoms with Crippen LogP contribution in [0.4, 0.5) is 0 Å². The van der Waals surface area contributed by atoms with Gasteiger partial charge in [0.2, 0.25) is 5.16 Å². The molecule has 0 aliphatic heterocycles. The van der Waals surface area contributed by atoms with Gasteiger partial charge in [0.05, 0.1) is 11.4 Å². The summed E-state index contributed by atoms with van der Waals surface area (Å²) >= 11 is 1.35. The van der Waals surface area contributed by atoms with E-state index >= 15 is 0 Å². The Kier molecular flexibility index (Phi) is 4.52. The van der Waals surface area contributed by atoms with Gasteiger partial charge in [-0.1, -0.05) is 60.3 Å². The molecule has 0 spiro atoms. The monoisotopic (exact) mass is 324 g/mol. The summed E-state index contributed by atoms with van der Waals surface area (Å²) in [7, 11) is 0. The molecule has 3 aromatic rings. The van der Waals surface area contributed by atoms with E-state index in [1.54, 1.807) is 4.68 Å². The maximum Gasteiger partial charge on any atom is 0.214 e. The molecule has 0 atom stereocenters. The van der Waals surface area contributed by atoms with E-state index < -0.39 is 0 Å². The molecule has 1 aromatic heterocycles. The van der Waals surface area contributed by atoms with Gasteiger partial charge in [-0.05, 0) is 35.4 Å². The number of aromatic nitrogens is 4. The molecule has 2 aromatic carbocycles. The molecule has 5 nitrogen and oxygen atoms in total. The van der Waals surface area contributed by atoms with Crippen LogP contribution >= 0.6 is 11.8 Å². The number of nitrogens with zero attached hydrogens (tertiary/aromatic N) is 4. The Bertz CT molecular complexity index is 809. The lowest BCUT2D eigenvalue weighted by Gasteiger charge is -2.10. The number of rotatable bonds is 5. The van der Waals surface area contributed by atoms with Crippen LogP contribution in [-0.2, 0) is 0 Å². The Labute approximate surface area is 138 Å². The van der Waals surface area contributed by atoms with E-state index in [0.29, 0.717) is 16.5 Å². The zero-order valence-corrected chi connectivity index (χ0v) is 13.7. The number of hydrogen-bond acceptors (Lipinski definition) is 5. The topological polar surface area (TPSA) is 60.7 Å². The van der Waals surface area contributed by atoms with Crippen molar-refractivity contribution in [3.63, 3.8) is 0 Å². The molecule has 0 unspecified atom stereocenters. The fourth-order valence-corrected chi connectivity index (χ4v) is 3.16. The van der Waals surface area contributed by atoms with Gasteiger partial charge in [0.25, 0.3) is 0 Å². The van der Waals surface area contributed by atoms with E-state index in [1.165, 1.54) is 11.8 Å². The molecule has 23 heavy (non-hydrogen) atoms. The summed E-state index contributed by atoms with van der Waals surface area (Å²) in [6.07, 6.45) is 0. The smallest absolute Gasteiger partial charge is 0.214 e. The Morgan fingerprint density at radius 2 is 1.74 bits per heavy atom. The van der Waals surface area contributed by atoms with E-state index in [0.717, 1.165) is 16.8 Å². The third-order valence-electron chi connectivity index (χ3n) is 3.52. The summed E-state index contributed by atoms with van der Waals surface area (Å²) in [4.78, 5) is 12.2. The first-order valence-corrected chi connectivity index (χ1v) is 8.21. The number of tetrazole rings is 1. The fourth-order valence-electron chi connectivity index (χ4n) is 2.39. The maximum atomic E-state index is 12.2. The van der Waals surface area contributed by atoms with Crippen LogP contribution in [0.2, 0.25) is 0 Å². The lowest BCUT2D eigenvalue weighted by molar-refractivity contribution is 0.102. The van der Waals surface area contributed by atoms with Crippen LogP contribution in [0.3, 0.4) is 0 Å². The number of aryl methyl sites for hydroxylation is 2. The summed E-state index contributed by atoms with van der Waals surface area (Å²) in [6, 6.07) is 15.3. The van der Waals surface area contributed by atoms with Crippen molar-refractivity contribution in [2.24, 2.45) is 0 Å². The Morgan fingerprint density at radius 1 is 1.04 bits per heavy atom. The van der Waals surface area contributed by atoms with Crippen molar-refractivity contribution in [3.8, 4) is 5.69 Å². The summed E-state index contributed by atoms with van der Waals surface area (Å²) < 4.78 is 1.70. The Morgan fingerprint density at radius 3 is 2.43 bits per heavy atom. The molecule has 6 heteroatoms. The van der Waals surface area contributed by atoms with Gasteiger partial charge in [0.15, 0.2) is 5.78 Å². The first kappa shape index (κ1) is 15.4. The van der Waals surface area contributed by atoms with Crippen molar-refractivity contribution in [1.29, 1.82) is 0 Å². The largest absolute Gasteiger partial charge is 0.293 e. The maximum absolute atomic E-state index is 12.2. The Balaban J connectivity index is 1.81. The SMILES string of the molecule is Cc1cccc(C)c1-n1nnnc1SCC(=O)c1ccccc1. The molecule has 0 fully saturated rings. The average Bonchev–Trinajstić information content (AvgIpc) is 3.01. The van der Waals surface area contributed by atoms with E-state index in [-0.39, 0.29) is 5.78 Å². The van der Waals surface area contributed by atoms with Gasteiger partial charge < -0.3 is 0 Å². The number of Topliss-reactive ketones (excluding diaryl/α,β-unsaturated/α-hetero) is 1. The highest BCUT2D eigenvalue weighted by molar-refractivity contribution is 7.99. The highest BCUT2D eigenvalue weighted by atomic mass is 32.2. The average molecular weight is 324 g/mol. The van der Waals surface area contributed by atoms with Gasteiger partial charge in [-0.15, -0.1) is 5.10 Å². The second kappa shape index (κ2) is 6.75. The summed E-state index contributed by atoms with van der Waals surface area (Å²) in [6.45, 7) is 4.04. The van der Waals surface area contributed by atoms with Crippen LogP contribution in [0.25, 0.3) is 5.69 Å². The van der Waals surface area contributed by atoms with Crippen molar-refractivity contribution in [2.45, 2.75) is 19.0 Å². The number of ketones is 1. The third-order valence-corrected chi connectivity index (χ3v) is 4.44. The number of carbonyl (C=O) groups is 1. The van der Waals surface area contributed by atoms with Gasteiger partial charge >= 0.3 is 0 Å². The molecule has 0 saturated carbocycles. The van der Waals surface area contributed by atoms with Crippen molar-refractivity contribution in [2.75, 3.05) is 5.75 Å². The van der Waals surface area contributed by atoms with Gasteiger partial charge in [0, 0.05) is 5.56 Å². The molecule has 0 saturated heterocycles. The van der Waals surface area contributed by atoms with Gasteiger partial charge in [-0.25, -0.2) is 0 Å². The number of carbonyl (C=O) groups excluding carboxylic acids is 1. The van der Waals surface area contributed by atoms with Crippen LogP contribution in [0.1, 0.15) is 21.5 Å². The summed E-state index contributed by atoms with van der Waals surface area (Å²) in [5.74, 6) is 0.363. The van der Waals surface area contributed by atoms with Crippen LogP contribution in [0.5, 0.6) is 0 Å². The highest BCUT2D eigenvalue weighted by Crippen LogP contribution is 2.23. The van der Waals surface area contributed by atoms with E-state index in [2.05, 4.69) is 15.5 Å². The minimum Gasteiger partial charge on any atom is -0.293 e. The molecule has 116 valence electrons. The van der Waals surface area contributed by atoms with Gasteiger partial charge in [-0.2, -0.15) is 4.68 Å². The van der Waals surface area contributed by atoms with Crippen molar-refractivity contribution in [1.82, 2.24) is 20.2 Å². The Hall–Kier alpha value is -2.47. The molecule has 1 heterocycles. The van der Waals surface area contributed by atoms with Crippen molar-refractivity contribution >= 4 is 17.5 Å². The van der Waals surface area contributed by atoms with Crippen LogP contribution in [0.15, 0.2) is 53.7 Å². The van der Waals surface area contributed by atoms with Crippen molar-refractivity contribution < 1.29 is 4.79 Å². The number of para-hydroxylation sites is 1. The number of benzene rings is 2. The quantitative estimate of drug-likeness (QED) is 0.532. The predicted octanol–water partition coefficient (Wildman–Crippen LogP) is 3.25. The predicted molar refractivity (Wildman–Crippen MR) is 90.1 cm³/mol. The minimum absolute atomic E-state index is 0.0617. The first-order valence-electron chi connectivity index (χ1n) is 7.23. The van der Waals surface area contributed by atoms with E-state index in [4.69, 9.17) is 0 Å². The summed E-state index contributed by atoms with van der Waals surface area (Å²) in [5.41, 5.74) is 3.85. The molecule has 0 amide bonds. The number of thioether (sulfide) groups is 1.